The van der Waals surface area contributed by atoms with Crippen LogP contribution < -0.4 is 5.73 Å². The van der Waals surface area contributed by atoms with E-state index in [-0.39, 0.29) is 22.2 Å². The number of benzene rings is 1. The zero-order chi connectivity index (χ0) is 15.8. The second-order valence-corrected chi connectivity index (χ2v) is 7.01. The van der Waals surface area contributed by atoms with Crippen molar-refractivity contribution in [3.8, 4) is 0 Å². The molecular weight excluding hydrogens is 319 g/mol. The molecule has 114 valence electrons. The van der Waals surface area contributed by atoms with Crippen LogP contribution in [0, 0.1) is 5.82 Å². The van der Waals surface area contributed by atoms with Crippen molar-refractivity contribution in [3.05, 3.63) is 40.9 Å². The summed E-state index contributed by atoms with van der Waals surface area (Å²) in [5.41, 5.74) is 5.86. The van der Waals surface area contributed by atoms with Crippen LogP contribution in [0.1, 0.15) is 5.56 Å². The molecule has 6 nitrogen and oxygen atoms in total. The maximum atomic E-state index is 13.3. The molecule has 2 aromatic rings. The van der Waals surface area contributed by atoms with Crippen LogP contribution in [-0.4, -0.2) is 29.6 Å². The Hall–Kier alpha value is -1.64. The Kier molecular flexibility index (Phi) is 4.22. The summed E-state index contributed by atoms with van der Waals surface area (Å²) in [5, 5.41) is 3.76. The molecule has 0 atom stereocenters. The van der Waals surface area contributed by atoms with Gasteiger partial charge in [0.2, 0.25) is 10.0 Å². The average Bonchev–Trinajstić information content (AvgIpc) is 2.79. The van der Waals surface area contributed by atoms with E-state index in [1.807, 2.05) is 0 Å². The Morgan fingerprint density at radius 3 is 2.71 bits per heavy atom. The van der Waals surface area contributed by atoms with Crippen LogP contribution in [0.3, 0.4) is 0 Å². The number of aryl methyl sites for hydroxylation is 1. The lowest BCUT2D eigenvalue weighted by molar-refractivity contribution is 0.466. The van der Waals surface area contributed by atoms with E-state index in [1.54, 1.807) is 24.1 Å². The molecular formula is C12H14ClFN4O2S. The van der Waals surface area contributed by atoms with Crippen molar-refractivity contribution in [2.75, 3.05) is 12.8 Å². The van der Waals surface area contributed by atoms with Crippen molar-refractivity contribution in [3.63, 3.8) is 0 Å². The molecule has 0 spiro atoms. The number of hydrogen-bond acceptors (Lipinski definition) is 4. The van der Waals surface area contributed by atoms with E-state index in [4.69, 9.17) is 17.3 Å². The summed E-state index contributed by atoms with van der Waals surface area (Å²) in [5.74, 6) is -0.756. The minimum absolute atomic E-state index is 0.115. The van der Waals surface area contributed by atoms with Crippen LogP contribution in [0.4, 0.5) is 10.1 Å². The van der Waals surface area contributed by atoms with Gasteiger partial charge in [0, 0.05) is 32.4 Å². The predicted molar refractivity (Wildman–Crippen MR) is 77.7 cm³/mol. The first-order valence-corrected chi connectivity index (χ1v) is 7.72. The normalized spacial score (nSPS) is 12.0. The number of aromatic nitrogens is 2. The third kappa shape index (κ3) is 3.17. The number of nitrogen functional groups attached to an aromatic ring is 1. The van der Waals surface area contributed by atoms with E-state index in [2.05, 4.69) is 5.10 Å². The van der Waals surface area contributed by atoms with Gasteiger partial charge in [0.1, 0.15) is 10.7 Å². The first-order chi connectivity index (χ1) is 9.71. The van der Waals surface area contributed by atoms with Crippen LogP contribution in [0.25, 0.3) is 0 Å². The Bertz CT molecular complexity index is 776. The summed E-state index contributed by atoms with van der Waals surface area (Å²) in [7, 11) is -0.747. The van der Waals surface area contributed by atoms with Gasteiger partial charge >= 0.3 is 0 Å². The SMILES string of the molecule is CN(Cc1cnn(C)c1)S(=O)(=O)c1cc(N)c(F)cc1Cl. The lowest BCUT2D eigenvalue weighted by Gasteiger charge is -2.17. The number of nitrogens with two attached hydrogens (primary N) is 1. The van der Waals surface area contributed by atoms with Gasteiger partial charge in [0.05, 0.1) is 16.9 Å². The molecule has 0 saturated heterocycles. The molecule has 0 saturated carbocycles. The van der Waals surface area contributed by atoms with Crippen molar-refractivity contribution >= 4 is 27.3 Å². The molecule has 0 aliphatic rings. The highest BCUT2D eigenvalue weighted by molar-refractivity contribution is 7.89. The molecule has 0 bridgehead atoms. The van der Waals surface area contributed by atoms with E-state index in [1.165, 1.54) is 7.05 Å². The first kappa shape index (κ1) is 15.7. The Morgan fingerprint density at radius 1 is 1.48 bits per heavy atom. The molecule has 1 heterocycles. The van der Waals surface area contributed by atoms with Gasteiger partial charge in [-0.2, -0.15) is 9.40 Å². The topological polar surface area (TPSA) is 81.2 Å². The van der Waals surface area contributed by atoms with Crippen molar-refractivity contribution < 1.29 is 12.8 Å². The van der Waals surface area contributed by atoms with Gasteiger partial charge < -0.3 is 5.73 Å². The third-order valence-electron chi connectivity index (χ3n) is 2.90. The second-order valence-electron chi connectivity index (χ2n) is 4.59. The maximum absolute atomic E-state index is 13.3. The molecule has 0 aliphatic carbocycles. The summed E-state index contributed by atoms with van der Waals surface area (Å²) in [6.07, 6.45) is 3.26. The molecule has 21 heavy (non-hydrogen) atoms. The predicted octanol–water partition coefficient (Wildman–Crippen LogP) is 1.62. The standard InChI is InChI=1S/C12H14ClFN4O2S/c1-17-6-8(5-16-17)7-18(2)21(19,20)12-4-11(15)10(14)3-9(12)13/h3-6H,7,15H2,1-2H3. The third-order valence-corrected chi connectivity index (χ3v) is 5.17. The molecule has 2 N–H and O–H groups in total. The Morgan fingerprint density at radius 2 is 2.14 bits per heavy atom. The zero-order valence-electron chi connectivity index (χ0n) is 11.4. The molecule has 1 aromatic heterocycles. The smallest absolute Gasteiger partial charge is 0.244 e. The fraction of sp³-hybridized carbons (Fsp3) is 0.250. The number of hydrogen-bond donors (Lipinski definition) is 1. The maximum Gasteiger partial charge on any atom is 0.244 e. The number of anilines is 1. The monoisotopic (exact) mass is 332 g/mol. The number of rotatable bonds is 4. The second kappa shape index (κ2) is 5.63. The van der Waals surface area contributed by atoms with Gasteiger partial charge in [-0.25, -0.2) is 12.8 Å². The van der Waals surface area contributed by atoms with E-state index in [0.29, 0.717) is 0 Å². The van der Waals surface area contributed by atoms with Crippen LogP contribution in [0.15, 0.2) is 29.4 Å². The fourth-order valence-corrected chi connectivity index (χ4v) is 3.48. The molecule has 2 rings (SSSR count). The molecule has 0 unspecified atom stereocenters. The van der Waals surface area contributed by atoms with Gasteiger partial charge in [-0.05, 0) is 12.1 Å². The van der Waals surface area contributed by atoms with Crippen LogP contribution in [0.5, 0.6) is 0 Å². The van der Waals surface area contributed by atoms with E-state index < -0.39 is 15.8 Å². The highest BCUT2D eigenvalue weighted by atomic mass is 35.5. The first-order valence-electron chi connectivity index (χ1n) is 5.90. The lowest BCUT2D eigenvalue weighted by atomic mass is 10.3. The minimum Gasteiger partial charge on any atom is -0.396 e. The highest BCUT2D eigenvalue weighted by Gasteiger charge is 2.25. The van der Waals surface area contributed by atoms with Gasteiger partial charge in [-0.1, -0.05) is 11.6 Å². The quantitative estimate of drug-likeness (QED) is 0.863. The van der Waals surface area contributed by atoms with Crippen LogP contribution in [-0.2, 0) is 23.6 Å². The highest BCUT2D eigenvalue weighted by Crippen LogP contribution is 2.28. The number of sulfonamides is 1. The van der Waals surface area contributed by atoms with Crippen molar-refractivity contribution in [2.45, 2.75) is 11.4 Å². The van der Waals surface area contributed by atoms with E-state index in [0.717, 1.165) is 22.0 Å². The Balaban J connectivity index is 2.35. The van der Waals surface area contributed by atoms with Crippen molar-refractivity contribution in [1.82, 2.24) is 14.1 Å². The van der Waals surface area contributed by atoms with Gasteiger partial charge in [0.25, 0.3) is 0 Å². The van der Waals surface area contributed by atoms with Crippen molar-refractivity contribution in [1.29, 1.82) is 0 Å². The van der Waals surface area contributed by atoms with Crippen LogP contribution in [0.2, 0.25) is 5.02 Å². The fourth-order valence-electron chi connectivity index (χ4n) is 1.81. The largest absolute Gasteiger partial charge is 0.396 e. The number of halogens is 2. The molecule has 0 amide bonds. The molecule has 0 radical (unpaired) electrons. The molecule has 1 aromatic carbocycles. The Labute approximate surface area is 127 Å². The summed E-state index contributed by atoms with van der Waals surface area (Å²) in [6.45, 7) is 0.115. The summed E-state index contributed by atoms with van der Waals surface area (Å²) < 4.78 is 40.9. The lowest BCUT2D eigenvalue weighted by Crippen LogP contribution is -2.26. The van der Waals surface area contributed by atoms with Gasteiger partial charge in [-0.3, -0.25) is 4.68 Å². The summed E-state index contributed by atoms with van der Waals surface area (Å²) in [4.78, 5) is -0.227. The van der Waals surface area contributed by atoms with Crippen LogP contribution >= 0.6 is 11.6 Å². The average molecular weight is 333 g/mol. The summed E-state index contributed by atoms with van der Waals surface area (Å²) in [6, 6.07) is 1.91. The minimum atomic E-state index is -3.88. The molecule has 0 fully saturated rings. The number of nitrogens with zero attached hydrogens (tertiary/aromatic N) is 3. The van der Waals surface area contributed by atoms with Gasteiger partial charge in [-0.15, -0.1) is 0 Å². The van der Waals surface area contributed by atoms with Crippen molar-refractivity contribution in [2.24, 2.45) is 7.05 Å². The summed E-state index contributed by atoms with van der Waals surface area (Å²) >= 11 is 5.82. The van der Waals surface area contributed by atoms with E-state index in [9.17, 15) is 12.8 Å². The molecule has 9 heteroatoms. The van der Waals surface area contributed by atoms with Gasteiger partial charge in [0.15, 0.2) is 0 Å². The van der Waals surface area contributed by atoms with E-state index >= 15 is 0 Å². The zero-order valence-corrected chi connectivity index (χ0v) is 13.0. The molecule has 0 aliphatic heterocycles.